The Hall–Kier alpha value is -1.12. The number of carbonyl (C=O) groups is 1. The van der Waals surface area contributed by atoms with Crippen molar-refractivity contribution in [2.24, 2.45) is 0 Å². The van der Waals surface area contributed by atoms with Gasteiger partial charge in [-0.15, -0.1) is 0 Å². The van der Waals surface area contributed by atoms with E-state index < -0.39 is 0 Å². The lowest BCUT2D eigenvalue weighted by atomic mass is 9.98. The van der Waals surface area contributed by atoms with Gasteiger partial charge in [-0.3, -0.25) is 4.79 Å². The van der Waals surface area contributed by atoms with Gasteiger partial charge in [0, 0.05) is 20.6 Å². The van der Waals surface area contributed by atoms with Gasteiger partial charge in [-0.25, -0.2) is 0 Å². The molecule has 0 fully saturated rings. The van der Waals surface area contributed by atoms with Crippen LogP contribution in [0.5, 0.6) is 0 Å². The smallest absolute Gasteiger partial charge is 0.194 e. The molecule has 0 atom stereocenters. The summed E-state index contributed by atoms with van der Waals surface area (Å²) in [5.41, 5.74) is 3.50. The quantitative estimate of drug-likeness (QED) is 0.715. The molecular weight excluding hydrogens is 312 g/mol. The number of benzene rings is 2. The van der Waals surface area contributed by atoms with E-state index in [-0.39, 0.29) is 5.78 Å². The normalized spacial score (nSPS) is 10.4. The molecule has 3 heteroatoms. The van der Waals surface area contributed by atoms with Gasteiger partial charge in [0.2, 0.25) is 0 Å². The van der Waals surface area contributed by atoms with E-state index in [1.807, 2.05) is 32.0 Å². The number of hydrogen-bond acceptors (Lipinski definition) is 1. The van der Waals surface area contributed by atoms with Crippen molar-refractivity contribution in [1.82, 2.24) is 0 Å². The Morgan fingerprint density at radius 3 is 2.33 bits per heavy atom. The third-order valence-electron chi connectivity index (χ3n) is 2.80. The highest BCUT2D eigenvalue weighted by Gasteiger charge is 2.14. The third kappa shape index (κ3) is 2.65. The predicted molar refractivity (Wildman–Crippen MR) is 78.5 cm³/mol. The Kier molecular flexibility index (Phi) is 3.88. The monoisotopic (exact) mass is 322 g/mol. The van der Waals surface area contributed by atoms with Crippen LogP contribution < -0.4 is 0 Å². The van der Waals surface area contributed by atoms with Crippen molar-refractivity contribution in [2.75, 3.05) is 0 Å². The molecule has 1 nitrogen and oxygen atoms in total. The SMILES string of the molecule is Cc1ccc(C(=O)c2ccc(Cl)cc2Br)c(C)c1. The summed E-state index contributed by atoms with van der Waals surface area (Å²) >= 11 is 9.26. The number of carbonyl (C=O) groups excluding carboxylic acids is 1. The molecule has 0 saturated carbocycles. The van der Waals surface area contributed by atoms with Crippen molar-refractivity contribution < 1.29 is 4.79 Å². The molecule has 0 saturated heterocycles. The average molecular weight is 324 g/mol. The fourth-order valence-corrected chi connectivity index (χ4v) is 2.75. The van der Waals surface area contributed by atoms with E-state index in [0.717, 1.165) is 21.2 Å². The number of ketones is 1. The van der Waals surface area contributed by atoms with E-state index in [1.165, 1.54) is 0 Å². The molecule has 0 aromatic heterocycles. The van der Waals surface area contributed by atoms with Crippen molar-refractivity contribution >= 4 is 33.3 Å². The first kappa shape index (κ1) is 13.3. The summed E-state index contributed by atoms with van der Waals surface area (Å²) in [7, 11) is 0. The van der Waals surface area contributed by atoms with Gasteiger partial charge in [-0.05, 0) is 53.5 Å². The molecule has 0 radical (unpaired) electrons. The molecule has 0 heterocycles. The second kappa shape index (κ2) is 5.25. The Morgan fingerprint density at radius 1 is 1.06 bits per heavy atom. The molecule has 0 spiro atoms. The molecule has 0 aliphatic carbocycles. The summed E-state index contributed by atoms with van der Waals surface area (Å²) in [5, 5.41) is 0.610. The van der Waals surface area contributed by atoms with E-state index in [0.29, 0.717) is 10.6 Å². The molecule has 2 aromatic rings. The Balaban J connectivity index is 2.48. The zero-order valence-corrected chi connectivity index (χ0v) is 12.5. The second-order valence-electron chi connectivity index (χ2n) is 4.27. The van der Waals surface area contributed by atoms with Gasteiger partial charge < -0.3 is 0 Å². The van der Waals surface area contributed by atoms with E-state index in [9.17, 15) is 4.79 Å². The molecule has 0 aliphatic rings. The zero-order chi connectivity index (χ0) is 13.3. The van der Waals surface area contributed by atoms with Crippen molar-refractivity contribution in [2.45, 2.75) is 13.8 Å². The zero-order valence-electron chi connectivity index (χ0n) is 10.1. The lowest BCUT2D eigenvalue weighted by Gasteiger charge is -2.08. The number of halogens is 2. The van der Waals surface area contributed by atoms with Crippen molar-refractivity contribution in [1.29, 1.82) is 0 Å². The van der Waals surface area contributed by atoms with Gasteiger partial charge in [-0.2, -0.15) is 0 Å². The summed E-state index contributed by atoms with van der Waals surface area (Å²) in [6.07, 6.45) is 0. The van der Waals surface area contributed by atoms with Crippen molar-refractivity contribution in [3.8, 4) is 0 Å². The first-order valence-electron chi connectivity index (χ1n) is 5.56. The minimum absolute atomic E-state index is 0.0102. The highest BCUT2D eigenvalue weighted by Crippen LogP contribution is 2.25. The van der Waals surface area contributed by atoms with E-state index in [2.05, 4.69) is 15.9 Å². The van der Waals surface area contributed by atoms with Gasteiger partial charge in [0.05, 0.1) is 0 Å². The number of aryl methyl sites for hydroxylation is 2. The lowest BCUT2D eigenvalue weighted by Crippen LogP contribution is -2.04. The van der Waals surface area contributed by atoms with Crippen LogP contribution in [0.3, 0.4) is 0 Å². The molecule has 0 N–H and O–H groups in total. The number of rotatable bonds is 2. The molecule has 2 rings (SSSR count). The van der Waals surface area contributed by atoms with Gasteiger partial charge in [-0.1, -0.05) is 35.4 Å². The van der Waals surface area contributed by atoms with Gasteiger partial charge >= 0.3 is 0 Å². The van der Waals surface area contributed by atoms with Crippen LogP contribution in [0.2, 0.25) is 5.02 Å². The summed E-state index contributed by atoms with van der Waals surface area (Å²) in [6.45, 7) is 3.96. The summed E-state index contributed by atoms with van der Waals surface area (Å²) < 4.78 is 0.722. The van der Waals surface area contributed by atoms with Crippen molar-refractivity contribution in [3.63, 3.8) is 0 Å². The third-order valence-corrected chi connectivity index (χ3v) is 3.69. The van der Waals surface area contributed by atoms with Crippen LogP contribution in [0.1, 0.15) is 27.0 Å². The van der Waals surface area contributed by atoms with Crippen LogP contribution in [0.25, 0.3) is 0 Å². The average Bonchev–Trinajstić information content (AvgIpc) is 2.28. The van der Waals surface area contributed by atoms with Crippen LogP contribution in [0.15, 0.2) is 40.9 Å². The molecular formula is C15H12BrClO. The van der Waals surface area contributed by atoms with Gasteiger partial charge in [0.1, 0.15) is 0 Å². The lowest BCUT2D eigenvalue weighted by molar-refractivity contribution is 0.103. The number of hydrogen-bond donors (Lipinski definition) is 0. The molecule has 0 aliphatic heterocycles. The first-order chi connectivity index (χ1) is 8.49. The fourth-order valence-electron chi connectivity index (χ4n) is 1.89. The van der Waals surface area contributed by atoms with Crippen LogP contribution in [-0.4, -0.2) is 5.78 Å². The topological polar surface area (TPSA) is 17.1 Å². The standard InChI is InChI=1S/C15H12BrClO/c1-9-3-5-12(10(2)7-9)15(18)13-6-4-11(17)8-14(13)16/h3-8H,1-2H3. The molecule has 0 unspecified atom stereocenters. The second-order valence-corrected chi connectivity index (χ2v) is 5.56. The van der Waals surface area contributed by atoms with Crippen LogP contribution >= 0.6 is 27.5 Å². The van der Waals surface area contributed by atoms with E-state index >= 15 is 0 Å². The van der Waals surface area contributed by atoms with Crippen LogP contribution in [-0.2, 0) is 0 Å². The largest absolute Gasteiger partial charge is 0.289 e. The molecule has 0 amide bonds. The van der Waals surface area contributed by atoms with Crippen LogP contribution in [0.4, 0.5) is 0 Å². The Bertz CT molecular complexity index is 566. The fraction of sp³-hybridized carbons (Fsp3) is 0.133. The minimum Gasteiger partial charge on any atom is -0.289 e. The van der Waals surface area contributed by atoms with Gasteiger partial charge in [0.15, 0.2) is 5.78 Å². The molecule has 92 valence electrons. The summed E-state index contributed by atoms with van der Waals surface area (Å²) in [4.78, 5) is 12.4. The highest BCUT2D eigenvalue weighted by molar-refractivity contribution is 9.10. The Labute approximate surface area is 120 Å². The first-order valence-corrected chi connectivity index (χ1v) is 6.73. The van der Waals surface area contributed by atoms with E-state index in [4.69, 9.17) is 11.6 Å². The summed E-state index contributed by atoms with van der Waals surface area (Å²) in [5.74, 6) is 0.0102. The molecule has 0 bridgehead atoms. The highest BCUT2D eigenvalue weighted by atomic mass is 79.9. The van der Waals surface area contributed by atoms with Crippen molar-refractivity contribution in [3.05, 3.63) is 68.1 Å². The Morgan fingerprint density at radius 2 is 1.72 bits per heavy atom. The van der Waals surface area contributed by atoms with E-state index in [1.54, 1.807) is 18.2 Å². The molecule has 18 heavy (non-hydrogen) atoms. The maximum Gasteiger partial charge on any atom is 0.194 e. The summed E-state index contributed by atoms with van der Waals surface area (Å²) in [6, 6.07) is 11.0. The van der Waals surface area contributed by atoms with Gasteiger partial charge in [0.25, 0.3) is 0 Å². The van der Waals surface area contributed by atoms with Crippen LogP contribution in [0, 0.1) is 13.8 Å². The maximum atomic E-state index is 12.4. The predicted octanol–water partition coefficient (Wildman–Crippen LogP) is 4.95. The minimum atomic E-state index is 0.0102. The molecule has 2 aromatic carbocycles. The maximum absolute atomic E-state index is 12.4.